The van der Waals surface area contributed by atoms with E-state index in [-0.39, 0.29) is 29.4 Å². The SMILES string of the molecule is CCCS(=O)(=O)CCn1c2c(ccc1=O)C(=O)CCC2. The second kappa shape index (κ2) is 5.91. The first-order chi connectivity index (χ1) is 9.44. The normalized spacial score (nSPS) is 15.2. The number of nitrogens with zero attached hydrogens (tertiary/aromatic N) is 1. The molecule has 0 radical (unpaired) electrons. The van der Waals surface area contributed by atoms with Crippen molar-refractivity contribution in [1.29, 1.82) is 0 Å². The molecule has 0 fully saturated rings. The summed E-state index contributed by atoms with van der Waals surface area (Å²) in [7, 11) is -3.13. The molecule has 1 aliphatic carbocycles. The third-order valence-corrected chi connectivity index (χ3v) is 5.39. The van der Waals surface area contributed by atoms with E-state index < -0.39 is 9.84 Å². The summed E-state index contributed by atoms with van der Waals surface area (Å²) in [5.41, 5.74) is 1.04. The molecule has 0 saturated carbocycles. The molecular formula is C14H19NO4S. The molecule has 1 aliphatic rings. The van der Waals surface area contributed by atoms with Gasteiger partial charge in [0.25, 0.3) is 5.56 Å². The zero-order chi connectivity index (χ0) is 14.8. The Labute approximate surface area is 118 Å². The van der Waals surface area contributed by atoms with Gasteiger partial charge < -0.3 is 4.57 Å². The highest BCUT2D eigenvalue weighted by atomic mass is 32.2. The van der Waals surface area contributed by atoms with Crippen LogP contribution >= 0.6 is 0 Å². The van der Waals surface area contributed by atoms with E-state index >= 15 is 0 Å². The molecule has 0 amide bonds. The molecule has 0 aliphatic heterocycles. The second-order valence-electron chi connectivity index (χ2n) is 5.11. The van der Waals surface area contributed by atoms with Crippen molar-refractivity contribution >= 4 is 15.6 Å². The lowest BCUT2D eigenvalue weighted by Crippen LogP contribution is -2.30. The summed E-state index contributed by atoms with van der Waals surface area (Å²) >= 11 is 0. The van der Waals surface area contributed by atoms with Gasteiger partial charge in [-0.05, 0) is 25.3 Å². The van der Waals surface area contributed by atoms with Gasteiger partial charge >= 0.3 is 0 Å². The number of rotatable bonds is 5. The maximum absolute atomic E-state index is 11.9. The molecule has 0 aromatic carbocycles. The van der Waals surface area contributed by atoms with Crippen LogP contribution in [0.25, 0.3) is 0 Å². The summed E-state index contributed by atoms with van der Waals surface area (Å²) < 4.78 is 25.0. The van der Waals surface area contributed by atoms with Gasteiger partial charge in [0, 0.05) is 36.0 Å². The lowest BCUT2D eigenvalue weighted by Gasteiger charge is -2.19. The third kappa shape index (κ3) is 3.17. The van der Waals surface area contributed by atoms with Gasteiger partial charge in [0.1, 0.15) is 0 Å². The molecule has 0 unspecified atom stereocenters. The van der Waals surface area contributed by atoms with Gasteiger partial charge in [-0.1, -0.05) is 6.92 Å². The van der Waals surface area contributed by atoms with Crippen molar-refractivity contribution in [2.24, 2.45) is 0 Å². The molecule has 0 bridgehead atoms. The van der Waals surface area contributed by atoms with Crippen LogP contribution in [0.1, 0.15) is 42.2 Å². The zero-order valence-electron chi connectivity index (χ0n) is 11.6. The van der Waals surface area contributed by atoms with Gasteiger partial charge in [0.15, 0.2) is 15.6 Å². The van der Waals surface area contributed by atoms with Crippen LogP contribution in [0.15, 0.2) is 16.9 Å². The first-order valence-electron chi connectivity index (χ1n) is 6.91. The van der Waals surface area contributed by atoms with Crippen molar-refractivity contribution in [2.75, 3.05) is 11.5 Å². The second-order valence-corrected chi connectivity index (χ2v) is 7.42. The maximum Gasteiger partial charge on any atom is 0.250 e. The smallest absolute Gasteiger partial charge is 0.250 e. The number of carbonyl (C=O) groups is 1. The number of pyridine rings is 1. The van der Waals surface area contributed by atoms with E-state index in [1.807, 2.05) is 6.92 Å². The summed E-state index contributed by atoms with van der Waals surface area (Å²) in [5.74, 6) is 0.123. The van der Waals surface area contributed by atoms with E-state index in [2.05, 4.69) is 0 Å². The lowest BCUT2D eigenvalue weighted by molar-refractivity contribution is 0.0970. The van der Waals surface area contributed by atoms with Crippen molar-refractivity contribution in [1.82, 2.24) is 4.57 Å². The van der Waals surface area contributed by atoms with Crippen molar-refractivity contribution in [3.05, 3.63) is 33.7 Å². The van der Waals surface area contributed by atoms with Crippen LogP contribution in [-0.2, 0) is 22.8 Å². The van der Waals surface area contributed by atoms with E-state index in [9.17, 15) is 18.0 Å². The monoisotopic (exact) mass is 297 g/mol. The zero-order valence-corrected chi connectivity index (χ0v) is 12.4. The molecule has 110 valence electrons. The minimum atomic E-state index is -3.13. The van der Waals surface area contributed by atoms with Crippen LogP contribution < -0.4 is 5.56 Å². The highest BCUT2D eigenvalue weighted by Crippen LogP contribution is 2.19. The fourth-order valence-electron chi connectivity index (χ4n) is 2.58. The standard InChI is InChI=1S/C14H19NO4S/c1-2-9-20(18,19)10-8-15-12-4-3-5-13(16)11(12)6-7-14(15)17/h6-7H,2-5,8-10H2,1H3. The molecule has 1 heterocycles. The van der Waals surface area contributed by atoms with Crippen molar-refractivity contribution < 1.29 is 13.2 Å². The third-order valence-electron chi connectivity index (χ3n) is 3.55. The number of ketones is 1. The molecule has 6 heteroatoms. The van der Waals surface area contributed by atoms with E-state index in [1.165, 1.54) is 10.6 Å². The predicted octanol–water partition coefficient (Wildman–Crippen LogP) is 1.19. The Morgan fingerprint density at radius 1 is 1.15 bits per heavy atom. The van der Waals surface area contributed by atoms with Gasteiger partial charge in [0.05, 0.1) is 5.75 Å². The van der Waals surface area contributed by atoms with Crippen LogP contribution in [0.4, 0.5) is 0 Å². The van der Waals surface area contributed by atoms with Gasteiger partial charge in [-0.25, -0.2) is 8.42 Å². The van der Waals surface area contributed by atoms with Crippen LogP contribution in [0.5, 0.6) is 0 Å². The lowest BCUT2D eigenvalue weighted by atomic mass is 9.94. The fourth-order valence-corrected chi connectivity index (χ4v) is 3.87. The highest BCUT2D eigenvalue weighted by molar-refractivity contribution is 7.91. The Bertz CT molecular complexity index is 673. The van der Waals surface area contributed by atoms with Crippen LogP contribution in [0.2, 0.25) is 0 Å². The Morgan fingerprint density at radius 2 is 1.90 bits per heavy atom. The molecule has 0 saturated heterocycles. The molecule has 20 heavy (non-hydrogen) atoms. The first-order valence-corrected chi connectivity index (χ1v) is 8.73. The van der Waals surface area contributed by atoms with E-state index in [4.69, 9.17) is 0 Å². The number of sulfone groups is 1. The molecule has 2 rings (SSSR count). The largest absolute Gasteiger partial charge is 0.311 e. The summed E-state index contributed by atoms with van der Waals surface area (Å²) in [6, 6.07) is 2.92. The molecule has 0 atom stereocenters. The van der Waals surface area contributed by atoms with Crippen LogP contribution in [0, 0.1) is 0 Å². The molecule has 5 nitrogen and oxygen atoms in total. The molecular weight excluding hydrogens is 278 g/mol. The number of carbonyl (C=O) groups excluding carboxylic acids is 1. The average Bonchev–Trinajstić information content (AvgIpc) is 2.37. The summed E-state index contributed by atoms with van der Waals surface area (Å²) in [4.78, 5) is 23.7. The number of hydrogen-bond acceptors (Lipinski definition) is 4. The number of fused-ring (bicyclic) bond motifs is 1. The number of aromatic nitrogens is 1. The maximum atomic E-state index is 11.9. The van der Waals surface area contributed by atoms with E-state index in [1.54, 1.807) is 6.07 Å². The highest BCUT2D eigenvalue weighted by Gasteiger charge is 2.21. The summed E-state index contributed by atoms with van der Waals surface area (Å²) in [6.45, 7) is 1.95. The Kier molecular flexibility index (Phi) is 4.42. The fraction of sp³-hybridized carbons (Fsp3) is 0.571. The van der Waals surface area contributed by atoms with Gasteiger partial charge in [-0.2, -0.15) is 0 Å². The van der Waals surface area contributed by atoms with E-state index in [0.29, 0.717) is 30.5 Å². The minimum Gasteiger partial charge on any atom is -0.311 e. The first kappa shape index (κ1) is 15.0. The van der Waals surface area contributed by atoms with Crippen LogP contribution in [-0.4, -0.2) is 30.3 Å². The number of Topliss-reactive ketones (excluding diaryl/α,β-unsaturated/α-hetero) is 1. The summed E-state index contributed by atoms with van der Waals surface area (Å²) in [6.07, 6.45) is 2.45. The van der Waals surface area contributed by atoms with Gasteiger partial charge in [-0.3, -0.25) is 9.59 Å². The molecule has 0 N–H and O–H groups in total. The minimum absolute atomic E-state index is 0.0383. The van der Waals surface area contributed by atoms with Crippen molar-refractivity contribution in [3.8, 4) is 0 Å². The van der Waals surface area contributed by atoms with Crippen molar-refractivity contribution in [3.63, 3.8) is 0 Å². The summed E-state index contributed by atoms with van der Waals surface area (Å²) in [5, 5.41) is 0. The number of hydrogen-bond donors (Lipinski definition) is 0. The Balaban J connectivity index is 2.31. The van der Waals surface area contributed by atoms with Gasteiger partial charge in [0.2, 0.25) is 0 Å². The van der Waals surface area contributed by atoms with Gasteiger partial charge in [-0.15, -0.1) is 0 Å². The topological polar surface area (TPSA) is 73.2 Å². The molecule has 0 spiro atoms. The molecule has 1 aromatic heterocycles. The Morgan fingerprint density at radius 3 is 2.60 bits per heavy atom. The average molecular weight is 297 g/mol. The quantitative estimate of drug-likeness (QED) is 0.818. The Hall–Kier alpha value is -1.43. The predicted molar refractivity (Wildman–Crippen MR) is 76.9 cm³/mol. The molecule has 1 aromatic rings. The van der Waals surface area contributed by atoms with Crippen molar-refractivity contribution in [2.45, 2.75) is 39.2 Å². The van der Waals surface area contributed by atoms with E-state index in [0.717, 1.165) is 6.42 Å². The van der Waals surface area contributed by atoms with Crippen LogP contribution in [0.3, 0.4) is 0 Å².